The predicted octanol–water partition coefficient (Wildman–Crippen LogP) is 17.8. The van der Waals surface area contributed by atoms with Gasteiger partial charge in [0.25, 0.3) is 0 Å². The second-order valence-corrected chi connectivity index (χ2v) is 17.8. The number of fused-ring (bicyclic) bond motifs is 7. The number of rotatable bonds is 8. The van der Waals surface area contributed by atoms with Crippen molar-refractivity contribution in [2.75, 3.05) is 9.80 Å². The lowest BCUT2D eigenvalue weighted by atomic mass is 9.91. The molecule has 10 aromatic carbocycles. The van der Waals surface area contributed by atoms with Crippen LogP contribution in [0.5, 0.6) is 0 Å². The molecule has 0 fully saturated rings. The standard InChI is InChI=1S/C58H38N2S2/c1-5-19-39(20-6-1)47-37-44(59(42-23-9-3-10-24-42)50-29-17-33-55-57(50)45-27-13-15-31-53(45)61-55)35-41-36-52(49(38-48(41)47)40-21-7-2-8-22-40)60(43-25-11-4-12-26-43)51-30-18-34-56-58(51)46-28-14-16-32-54(46)62-56/h1-38H. The fourth-order valence-corrected chi connectivity index (χ4v) is 11.5. The second-order valence-electron chi connectivity index (χ2n) is 15.7. The van der Waals surface area contributed by atoms with Crippen LogP contribution in [-0.4, -0.2) is 0 Å². The quantitative estimate of drug-likeness (QED) is 0.151. The number of benzene rings is 10. The Bertz CT molecular complexity index is 3580. The molecule has 0 N–H and O–H groups in total. The Hall–Kier alpha value is -7.50. The van der Waals surface area contributed by atoms with Crippen molar-refractivity contribution in [2.45, 2.75) is 0 Å². The van der Waals surface area contributed by atoms with Crippen LogP contribution in [0.1, 0.15) is 0 Å². The summed E-state index contributed by atoms with van der Waals surface area (Å²) in [7, 11) is 0. The van der Waals surface area contributed by atoms with Gasteiger partial charge in [0.15, 0.2) is 0 Å². The molecule has 0 spiro atoms. The average molecular weight is 827 g/mol. The van der Waals surface area contributed by atoms with Gasteiger partial charge < -0.3 is 9.80 Å². The summed E-state index contributed by atoms with van der Waals surface area (Å²) in [5, 5.41) is 7.43. The van der Waals surface area contributed by atoms with E-state index in [9.17, 15) is 0 Å². The lowest BCUT2D eigenvalue weighted by molar-refractivity contribution is 1.30. The van der Waals surface area contributed by atoms with Crippen molar-refractivity contribution < 1.29 is 0 Å². The highest BCUT2D eigenvalue weighted by atomic mass is 32.1. The first-order chi connectivity index (χ1) is 30.8. The maximum Gasteiger partial charge on any atom is 0.0555 e. The number of hydrogen-bond acceptors (Lipinski definition) is 4. The van der Waals surface area contributed by atoms with E-state index >= 15 is 0 Å². The zero-order chi connectivity index (χ0) is 41.0. The summed E-state index contributed by atoms with van der Waals surface area (Å²) in [6, 6.07) is 84.3. The van der Waals surface area contributed by atoms with Crippen molar-refractivity contribution in [2.24, 2.45) is 0 Å². The van der Waals surface area contributed by atoms with Gasteiger partial charge in [-0.25, -0.2) is 0 Å². The van der Waals surface area contributed by atoms with Crippen molar-refractivity contribution in [3.8, 4) is 22.3 Å². The van der Waals surface area contributed by atoms with Crippen molar-refractivity contribution in [1.29, 1.82) is 0 Å². The minimum absolute atomic E-state index is 1.10. The SMILES string of the molecule is c1ccc(-c2cc3c(-c4ccccc4)cc(N(c4ccccc4)c4cccc5sc6ccccc6c45)cc3cc2N(c2ccccc2)c2cccc3sc4ccccc4c23)cc1. The smallest absolute Gasteiger partial charge is 0.0555 e. The second kappa shape index (κ2) is 15.2. The molecule has 0 radical (unpaired) electrons. The van der Waals surface area contributed by atoms with Crippen LogP contribution in [0.3, 0.4) is 0 Å². The highest BCUT2D eigenvalue weighted by Crippen LogP contribution is 2.51. The van der Waals surface area contributed by atoms with Gasteiger partial charge in [-0.15, -0.1) is 22.7 Å². The Kier molecular flexibility index (Phi) is 8.91. The number of nitrogens with zero attached hydrogens (tertiary/aromatic N) is 2. The van der Waals surface area contributed by atoms with Gasteiger partial charge in [0.1, 0.15) is 0 Å². The molecular weight excluding hydrogens is 789 g/mol. The molecule has 4 heteroatoms. The fraction of sp³-hybridized carbons (Fsp3) is 0. The molecule has 292 valence electrons. The van der Waals surface area contributed by atoms with Crippen LogP contribution < -0.4 is 9.80 Å². The number of thiophene rings is 2. The molecule has 2 nitrogen and oxygen atoms in total. The van der Waals surface area contributed by atoms with Gasteiger partial charge in [-0.3, -0.25) is 0 Å². The molecule has 12 rings (SSSR count). The molecule has 0 saturated heterocycles. The molecule has 0 aliphatic carbocycles. The van der Waals surface area contributed by atoms with Gasteiger partial charge in [-0.2, -0.15) is 0 Å². The highest BCUT2D eigenvalue weighted by molar-refractivity contribution is 7.26. The molecule has 2 heterocycles. The third kappa shape index (κ3) is 6.15. The van der Waals surface area contributed by atoms with E-state index in [4.69, 9.17) is 0 Å². The summed E-state index contributed by atoms with van der Waals surface area (Å²) in [6.45, 7) is 0. The molecule has 0 saturated carbocycles. The summed E-state index contributed by atoms with van der Waals surface area (Å²) in [5.41, 5.74) is 11.4. The van der Waals surface area contributed by atoms with Crippen LogP contribution in [0.4, 0.5) is 34.1 Å². The van der Waals surface area contributed by atoms with E-state index in [1.165, 1.54) is 56.9 Å². The number of anilines is 6. The van der Waals surface area contributed by atoms with Crippen LogP contribution in [0.2, 0.25) is 0 Å². The van der Waals surface area contributed by atoms with E-state index in [1.807, 2.05) is 22.7 Å². The zero-order valence-electron chi connectivity index (χ0n) is 33.7. The summed E-state index contributed by atoms with van der Waals surface area (Å²) < 4.78 is 5.13. The minimum Gasteiger partial charge on any atom is -0.310 e. The molecule has 0 aliphatic heterocycles. The van der Waals surface area contributed by atoms with Crippen molar-refractivity contribution in [1.82, 2.24) is 0 Å². The van der Waals surface area contributed by atoms with Gasteiger partial charge >= 0.3 is 0 Å². The molecule has 0 bridgehead atoms. The minimum atomic E-state index is 1.10. The van der Waals surface area contributed by atoms with E-state index in [0.717, 1.165) is 50.6 Å². The van der Waals surface area contributed by atoms with Crippen LogP contribution in [-0.2, 0) is 0 Å². The molecule has 0 unspecified atom stereocenters. The van der Waals surface area contributed by atoms with Crippen molar-refractivity contribution in [3.63, 3.8) is 0 Å². The largest absolute Gasteiger partial charge is 0.310 e. The van der Waals surface area contributed by atoms with Gasteiger partial charge in [0.05, 0.1) is 17.1 Å². The summed E-state index contributed by atoms with van der Waals surface area (Å²) >= 11 is 3.71. The molecule has 12 aromatic rings. The Morgan fingerprint density at radius 1 is 0.274 bits per heavy atom. The van der Waals surface area contributed by atoms with E-state index in [0.29, 0.717) is 0 Å². The molecule has 2 aromatic heterocycles. The Labute approximate surface area is 368 Å². The van der Waals surface area contributed by atoms with Crippen LogP contribution in [0.25, 0.3) is 73.4 Å². The number of hydrogen-bond donors (Lipinski definition) is 0. The predicted molar refractivity (Wildman–Crippen MR) is 270 cm³/mol. The van der Waals surface area contributed by atoms with Crippen LogP contribution >= 0.6 is 22.7 Å². The Morgan fingerprint density at radius 2 is 0.726 bits per heavy atom. The van der Waals surface area contributed by atoms with Crippen LogP contribution in [0.15, 0.2) is 231 Å². The Balaban J connectivity index is 1.20. The first-order valence-electron chi connectivity index (χ1n) is 21.0. The first-order valence-corrected chi connectivity index (χ1v) is 22.6. The molecule has 62 heavy (non-hydrogen) atoms. The first kappa shape index (κ1) is 36.4. The molecule has 0 atom stereocenters. The third-order valence-corrected chi connectivity index (χ3v) is 14.3. The molecule has 0 aliphatic rings. The van der Waals surface area contributed by atoms with E-state index in [2.05, 4.69) is 240 Å². The summed E-state index contributed by atoms with van der Waals surface area (Å²) in [6.07, 6.45) is 0. The van der Waals surface area contributed by atoms with Gasteiger partial charge in [-0.1, -0.05) is 146 Å². The Morgan fingerprint density at radius 3 is 1.29 bits per heavy atom. The van der Waals surface area contributed by atoms with E-state index in [-0.39, 0.29) is 0 Å². The summed E-state index contributed by atoms with van der Waals surface area (Å²) in [5.74, 6) is 0. The van der Waals surface area contributed by atoms with Gasteiger partial charge in [0.2, 0.25) is 0 Å². The van der Waals surface area contributed by atoms with Gasteiger partial charge in [-0.05, 0) is 112 Å². The molecule has 0 amide bonds. The normalized spacial score (nSPS) is 11.5. The van der Waals surface area contributed by atoms with Crippen molar-refractivity contribution in [3.05, 3.63) is 231 Å². The highest BCUT2D eigenvalue weighted by Gasteiger charge is 2.25. The molecular formula is C58H38N2S2. The number of para-hydroxylation sites is 2. The lowest BCUT2D eigenvalue weighted by Gasteiger charge is -2.30. The van der Waals surface area contributed by atoms with Crippen molar-refractivity contribution >= 4 is 108 Å². The maximum atomic E-state index is 2.49. The van der Waals surface area contributed by atoms with Crippen LogP contribution in [0, 0.1) is 0 Å². The average Bonchev–Trinajstić information content (AvgIpc) is 3.92. The zero-order valence-corrected chi connectivity index (χ0v) is 35.3. The maximum absolute atomic E-state index is 2.49. The fourth-order valence-electron chi connectivity index (χ4n) is 9.28. The van der Waals surface area contributed by atoms with E-state index in [1.54, 1.807) is 0 Å². The monoisotopic (exact) mass is 826 g/mol. The summed E-state index contributed by atoms with van der Waals surface area (Å²) in [4.78, 5) is 4.96. The van der Waals surface area contributed by atoms with Gasteiger partial charge in [0, 0.05) is 63.0 Å². The third-order valence-electron chi connectivity index (χ3n) is 12.0. The lowest BCUT2D eigenvalue weighted by Crippen LogP contribution is -2.12. The van der Waals surface area contributed by atoms with E-state index < -0.39 is 0 Å². The topological polar surface area (TPSA) is 6.48 Å².